The van der Waals surface area contributed by atoms with Crippen LogP contribution in [-0.2, 0) is 5.72 Å². The Bertz CT molecular complexity index is 1410. The van der Waals surface area contributed by atoms with Crippen LogP contribution in [0.1, 0.15) is 21.5 Å². The maximum absolute atomic E-state index is 13.5. The van der Waals surface area contributed by atoms with Crippen molar-refractivity contribution < 1.29 is 19.8 Å². The van der Waals surface area contributed by atoms with Crippen LogP contribution < -0.4 is 15.1 Å². The Labute approximate surface area is 188 Å². The molecule has 0 saturated carbocycles. The average Bonchev–Trinajstić information content (AvgIpc) is 3.29. The minimum atomic E-state index is -1.78. The Kier molecular flexibility index (Phi) is 4.57. The third-order valence-corrected chi connectivity index (χ3v) is 5.77. The molecule has 2 amide bonds. The molecule has 5 rings (SSSR count). The Morgan fingerprint density at radius 1 is 1.09 bits per heavy atom. The van der Waals surface area contributed by atoms with Crippen molar-refractivity contribution in [1.82, 2.24) is 9.97 Å². The quantitative estimate of drug-likeness (QED) is 0.383. The number of hydrogen-bond donors (Lipinski definition) is 4. The number of H-pyrrole nitrogens is 1. The van der Waals surface area contributed by atoms with Gasteiger partial charge in [0.25, 0.3) is 5.91 Å². The molecule has 1 atom stereocenters. The lowest BCUT2D eigenvalue weighted by Gasteiger charge is -2.35. The monoisotopic (exact) mass is 443 g/mol. The van der Waals surface area contributed by atoms with Gasteiger partial charge in [-0.25, -0.2) is 9.78 Å². The van der Waals surface area contributed by atoms with Gasteiger partial charge in [-0.1, -0.05) is 30.3 Å². The summed E-state index contributed by atoms with van der Waals surface area (Å²) in [4.78, 5) is 34.9. The Hall–Kier alpha value is -4.37. The maximum atomic E-state index is 13.5. The van der Waals surface area contributed by atoms with E-state index in [1.165, 1.54) is 4.90 Å². The van der Waals surface area contributed by atoms with Crippen LogP contribution in [-0.4, -0.2) is 46.3 Å². The van der Waals surface area contributed by atoms with Crippen LogP contribution in [0.3, 0.4) is 0 Å². The summed E-state index contributed by atoms with van der Waals surface area (Å²) in [7, 11) is 3.81. The molecule has 1 aliphatic rings. The first kappa shape index (κ1) is 20.5. The molecular weight excluding hydrogens is 422 g/mol. The number of fused-ring (bicyclic) bond motifs is 2. The van der Waals surface area contributed by atoms with Crippen molar-refractivity contribution in [3.63, 3.8) is 0 Å². The molecule has 0 radical (unpaired) electrons. The van der Waals surface area contributed by atoms with Gasteiger partial charge in [-0.15, -0.1) is 0 Å². The van der Waals surface area contributed by atoms with Gasteiger partial charge in [0.15, 0.2) is 5.72 Å². The molecular formula is C24H21N5O4. The molecule has 4 N–H and O–H groups in total. The van der Waals surface area contributed by atoms with E-state index in [0.29, 0.717) is 33.4 Å². The number of aliphatic hydroxyl groups is 1. The van der Waals surface area contributed by atoms with Gasteiger partial charge in [0.2, 0.25) is 5.95 Å². The van der Waals surface area contributed by atoms with Crippen LogP contribution in [0.25, 0.3) is 11.0 Å². The van der Waals surface area contributed by atoms with Crippen LogP contribution in [0.4, 0.5) is 22.1 Å². The van der Waals surface area contributed by atoms with Crippen molar-refractivity contribution in [2.45, 2.75) is 5.72 Å². The molecule has 1 unspecified atom stereocenters. The van der Waals surface area contributed by atoms with Crippen molar-refractivity contribution in [1.29, 1.82) is 0 Å². The van der Waals surface area contributed by atoms with Gasteiger partial charge in [0.05, 0.1) is 11.0 Å². The van der Waals surface area contributed by atoms with E-state index >= 15 is 0 Å². The number of aromatic amines is 1. The highest BCUT2D eigenvalue weighted by atomic mass is 16.4. The standard InChI is InChI=1S/C24H21N5O4/c1-28(2)15-6-5-7-16(13-15)29-21(30)17-8-3-4-9-18(17)24(29,33)14-10-11-19-20(12-14)26-22(25-19)27-23(31)32/h3-13,33H,1-2H3,(H,31,32)(H2,25,26,27). The topological polar surface area (TPSA) is 122 Å². The van der Waals surface area contributed by atoms with Crippen LogP contribution in [0.2, 0.25) is 0 Å². The summed E-state index contributed by atoms with van der Waals surface area (Å²) in [5, 5.41) is 23.3. The second-order valence-corrected chi connectivity index (χ2v) is 8.02. The van der Waals surface area contributed by atoms with E-state index in [4.69, 9.17) is 5.11 Å². The fourth-order valence-corrected chi connectivity index (χ4v) is 4.25. The minimum absolute atomic E-state index is 0.0695. The molecule has 4 aromatic rings. The lowest BCUT2D eigenvalue weighted by molar-refractivity contribution is 0.0704. The van der Waals surface area contributed by atoms with E-state index in [-0.39, 0.29) is 11.9 Å². The first-order chi connectivity index (χ1) is 15.8. The van der Waals surface area contributed by atoms with Gasteiger partial charge in [-0.3, -0.25) is 15.0 Å². The number of benzene rings is 3. The predicted octanol–water partition coefficient (Wildman–Crippen LogP) is 3.57. The SMILES string of the molecule is CN(C)c1cccc(N2C(=O)c3ccccc3C2(O)c2ccc3nc(NC(=O)O)[nH]c3c2)c1. The fourth-order valence-electron chi connectivity index (χ4n) is 4.25. The normalized spacial score (nSPS) is 17.3. The highest BCUT2D eigenvalue weighted by Crippen LogP contribution is 2.45. The smallest absolute Gasteiger partial charge is 0.411 e. The minimum Gasteiger partial charge on any atom is -0.465 e. The number of nitrogens with one attached hydrogen (secondary N) is 2. The van der Waals surface area contributed by atoms with Gasteiger partial charge < -0.3 is 20.1 Å². The third-order valence-electron chi connectivity index (χ3n) is 5.77. The summed E-state index contributed by atoms with van der Waals surface area (Å²) < 4.78 is 0. The largest absolute Gasteiger partial charge is 0.465 e. The number of imidazole rings is 1. The number of rotatable bonds is 4. The number of hydrogen-bond acceptors (Lipinski definition) is 5. The maximum Gasteiger partial charge on any atom is 0.411 e. The number of nitrogens with zero attached hydrogens (tertiary/aromatic N) is 3. The zero-order valence-electron chi connectivity index (χ0n) is 17.9. The number of aromatic nitrogens is 2. The average molecular weight is 443 g/mol. The predicted molar refractivity (Wildman–Crippen MR) is 125 cm³/mol. The number of carbonyl (C=O) groups excluding carboxylic acids is 1. The van der Waals surface area contributed by atoms with Crippen LogP contribution >= 0.6 is 0 Å². The highest BCUT2D eigenvalue weighted by molar-refractivity contribution is 6.12. The van der Waals surface area contributed by atoms with E-state index in [1.807, 2.05) is 37.2 Å². The summed E-state index contributed by atoms with van der Waals surface area (Å²) in [6.45, 7) is 0. The van der Waals surface area contributed by atoms with Crippen molar-refractivity contribution in [3.05, 3.63) is 83.4 Å². The summed E-state index contributed by atoms with van der Waals surface area (Å²) in [5.41, 5.74) is 2.00. The molecule has 33 heavy (non-hydrogen) atoms. The fraction of sp³-hybridized carbons (Fsp3) is 0.125. The first-order valence-corrected chi connectivity index (χ1v) is 10.2. The Morgan fingerprint density at radius 2 is 1.88 bits per heavy atom. The molecule has 9 nitrogen and oxygen atoms in total. The Morgan fingerprint density at radius 3 is 2.64 bits per heavy atom. The van der Waals surface area contributed by atoms with Crippen LogP contribution in [0.5, 0.6) is 0 Å². The number of carboxylic acid groups (broad SMARTS) is 1. The highest BCUT2D eigenvalue weighted by Gasteiger charge is 2.50. The van der Waals surface area contributed by atoms with Crippen LogP contribution in [0, 0.1) is 0 Å². The zero-order chi connectivity index (χ0) is 23.3. The lowest BCUT2D eigenvalue weighted by atomic mass is 9.93. The molecule has 1 aliphatic heterocycles. The zero-order valence-corrected chi connectivity index (χ0v) is 17.9. The lowest BCUT2D eigenvalue weighted by Crippen LogP contribution is -2.45. The second-order valence-electron chi connectivity index (χ2n) is 8.02. The molecule has 3 aromatic carbocycles. The van der Waals surface area contributed by atoms with E-state index in [0.717, 1.165) is 5.69 Å². The van der Waals surface area contributed by atoms with Gasteiger partial charge in [-0.05, 0) is 36.4 Å². The van der Waals surface area contributed by atoms with E-state index in [1.54, 1.807) is 48.5 Å². The number of anilines is 3. The van der Waals surface area contributed by atoms with Crippen molar-refractivity contribution >= 4 is 40.4 Å². The summed E-state index contributed by atoms with van der Waals surface area (Å²) in [5.74, 6) is -0.248. The molecule has 9 heteroatoms. The third kappa shape index (κ3) is 3.17. The second kappa shape index (κ2) is 7.35. The van der Waals surface area contributed by atoms with Gasteiger partial charge >= 0.3 is 6.09 Å². The van der Waals surface area contributed by atoms with E-state index < -0.39 is 11.8 Å². The summed E-state index contributed by atoms with van der Waals surface area (Å²) >= 11 is 0. The van der Waals surface area contributed by atoms with E-state index in [2.05, 4.69) is 15.3 Å². The number of carbonyl (C=O) groups is 2. The van der Waals surface area contributed by atoms with Crippen LogP contribution in [0.15, 0.2) is 66.7 Å². The number of amides is 2. The molecule has 2 heterocycles. The molecule has 166 valence electrons. The van der Waals surface area contributed by atoms with Crippen molar-refractivity contribution in [2.24, 2.45) is 0 Å². The molecule has 0 bridgehead atoms. The summed E-state index contributed by atoms with van der Waals surface area (Å²) in [6, 6.07) is 19.4. The molecule has 0 fully saturated rings. The van der Waals surface area contributed by atoms with Gasteiger partial charge in [-0.2, -0.15) is 0 Å². The van der Waals surface area contributed by atoms with Crippen molar-refractivity contribution in [2.75, 3.05) is 29.2 Å². The molecule has 0 spiro atoms. The Balaban J connectivity index is 1.70. The van der Waals surface area contributed by atoms with Crippen molar-refractivity contribution in [3.8, 4) is 0 Å². The summed E-state index contributed by atoms with van der Waals surface area (Å²) in [6.07, 6.45) is -1.24. The first-order valence-electron chi connectivity index (χ1n) is 10.2. The van der Waals surface area contributed by atoms with E-state index in [9.17, 15) is 14.7 Å². The molecule has 0 saturated heterocycles. The molecule has 1 aromatic heterocycles. The van der Waals surface area contributed by atoms with Gasteiger partial charge in [0.1, 0.15) is 0 Å². The van der Waals surface area contributed by atoms with Gasteiger partial charge in [0, 0.05) is 42.2 Å². The molecule has 0 aliphatic carbocycles.